The van der Waals surface area contributed by atoms with Crippen molar-refractivity contribution in [2.45, 2.75) is 0 Å². The number of ketones is 1. The van der Waals surface area contributed by atoms with Gasteiger partial charge in [-0.25, -0.2) is 4.79 Å². The standard InChI is InChI=1S/C16H13NO5S/c18-15(16(19)20)13-5-6-14(23-13)22-8-7-21-12-9-17-11-4-2-1-3-10(11)12/h1-6,9,17H,7-8H2,(H,19,20). The number of carboxylic acid groups (broad SMARTS) is 1. The summed E-state index contributed by atoms with van der Waals surface area (Å²) in [6.07, 6.45) is 1.79. The molecule has 0 amide bonds. The fourth-order valence-electron chi connectivity index (χ4n) is 2.08. The third-order valence-corrected chi connectivity index (χ3v) is 4.13. The van der Waals surface area contributed by atoms with E-state index in [1.165, 1.54) is 6.07 Å². The largest absolute Gasteiger partial charge is 0.488 e. The number of nitrogens with one attached hydrogen (secondary N) is 1. The number of carboxylic acids is 1. The number of hydrogen-bond donors (Lipinski definition) is 2. The van der Waals surface area contributed by atoms with Crippen LogP contribution in [0.15, 0.2) is 42.6 Å². The highest BCUT2D eigenvalue weighted by molar-refractivity contribution is 7.16. The van der Waals surface area contributed by atoms with Crippen molar-refractivity contribution in [1.29, 1.82) is 0 Å². The average Bonchev–Trinajstić information content (AvgIpc) is 3.18. The number of rotatable bonds is 7. The zero-order valence-corrected chi connectivity index (χ0v) is 12.8. The van der Waals surface area contributed by atoms with E-state index in [9.17, 15) is 9.59 Å². The molecule has 0 bridgehead atoms. The quantitative estimate of drug-likeness (QED) is 0.395. The topological polar surface area (TPSA) is 88.6 Å². The Morgan fingerprint density at radius 1 is 1.09 bits per heavy atom. The fraction of sp³-hybridized carbons (Fsp3) is 0.125. The molecule has 1 aromatic carbocycles. The van der Waals surface area contributed by atoms with Crippen molar-refractivity contribution in [2.24, 2.45) is 0 Å². The number of ether oxygens (including phenoxy) is 2. The number of aliphatic carboxylic acids is 1. The van der Waals surface area contributed by atoms with E-state index in [4.69, 9.17) is 14.6 Å². The Labute approximate surface area is 135 Å². The summed E-state index contributed by atoms with van der Waals surface area (Å²) in [5.74, 6) is -1.65. The van der Waals surface area contributed by atoms with Crippen molar-refractivity contribution in [2.75, 3.05) is 13.2 Å². The van der Waals surface area contributed by atoms with Crippen LogP contribution in [-0.4, -0.2) is 35.1 Å². The molecular formula is C16H13NO5S. The van der Waals surface area contributed by atoms with E-state index < -0.39 is 11.8 Å². The first-order valence-corrected chi connectivity index (χ1v) is 7.66. The molecule has 0 saturated carbocycles. The van der Waals surface area contributed by atoms with Crippen LogP contribution in [0.4, 0.5) is 0 Å². The number of fused-ring (bicyclic) bond motifs is 1. The summed E-state index contributed by atoms with van der Waals surface area (Å²) in [5, 5.41) is 10.1. The molecule has 23 heavy (non-hydrogen) atoms. The van der Waals surface area contributed by atoms with Crippen molar-refractivity contribution >= 4 is 34.0 Å². The average molecular weight is 331 g/mol. The third-order valence-electron chi connectivity index (χ3n) is 3.14. The highest BCUT2D eigenvalue weighted by Crippen LogP contribution is 2.26. The van der Waals surface area contributed by atoms with Gasteiger partial charge in [0.2, 0.25) is 0 Å². The van der Waals surface area contributed by atoms with E-state index in [2.05, 4.69) is 4.98 Å². The molecule has 0 unspecified atom stereocenters. The van der Waals surface area contributed by atoms with Gasteiger partial charge in [-0.2, -0.15) is 0 Å². The predicted molar refractivity (Wildman–Crippen MR) is 85.6 cm³/mol. The molecular weight excluding hydrogens is 318 g/mol. The molecule has 0 atom stereocenters. The molecule has 0 spiro atoms. The van der Waals surface area contributed by atoms with Gasteiger partial charge >= 0.3 is 5.97 Å². The van der Waals surface area contributed by atoms with Gasteiger partial charge in [-0.15, -0.1) is 0 Å². The summed E-state index contributed by atoms with van der Waals surface area (Å²) in [4.78, 5) is 25.2. The monoisotopic (exact) mass is 331 g/mol. The summed E-state index contributed by atoms with van der Waals surface area (Å²) < 4.78 is 11.1. The number of benzene rings is 1. The Bertz CT molecular complexity index is 851. The molecule has 118 valence electrons. The van der Waals surface area contributed by atoms with Gasteiger partial charge in [0, 0.05) is 17.1 Å². The summed E-state index contributed by atoms with van der Waals surface area (Å²) in [6.45, 7) is 0.628. The van der Waals surface area contributed by atoms with Gasteiger partial charge in [-0.3, -0.25) is 4.79 Å². The first-order valence-electron chi connectivity index (χ1n) is 6.84. The van der Waals surface area contributed by atoms with Crippen LogP contribution in [0, 0.1) is 0 Å². The van der Waals surface area contributed by atoms with E-state index in [1.54, 1.807) is 12.3 Å². The van der Waals surface area contributed by atoms with Gasteiger partial charge in [0.1, 0.15) is 19.0 Å². The lowest BCUT2D eigenvalue weighted by atomic mass is 10.2. The lowest BCUT2D eigenvalue weighted by Crippen LogP contribution is -2.10. The molecule has 2 aromatic heterocycles. The summed E-state index contributed by atoms with van der Waals surface area (Å²) in [6, 6.07) is 10.8. The minimum atomic E-state index is -1.47. The van der Waals surface area contributed by atoms with E-state index >= 15 is 0 Å². The van der Waals surface area contributed by atoms with Crippen molar-refractivity contribution in [1.82, 2.24) is 4.98 Å². The van der Waals surface area contributed by atoms with Crippen molar-refractivity contribution in [3.63, 3.8) is 0 Å². The maximum Gasteiger partial charge on any atom is 0.378 e. The van der Waals surface area contributed by atoms with Gasteiger partial charge in [-0.05, 0) is 24.3 Å². The lowest BCUT2D eigenvalue weighted by molar-refractivity contribution is -0.131. The first-order chi connectivity index (χ1) is 11.1. The second kappa shape index (κ2) is 6.53. The molecule has 3 rings (SSSR count). The maximum absolute atomic E-state index is 11.3. The number of aromatic nitrogens is 1. The number of aromatic amines is 1. The second-order valence-electron chi connectivity index (χ2n) is 4.65. The van der Waals surface area contributed by atoms with Crippen molar-refractivity contribution in [3.05, 3.63) is 47.5 Å². The number of Topliss-reactive ketones (excluding diaryl/α,β-unsaturated/α-hetero) is 1. The number of H-pyrrole nitrogens is 1. The van der Waals surface area contributed by atoms with E-state index in [0.29, 0.717) is 18.3 Å². The van der Waals surface area contributed by atoms with Crippen LogP contribution in [0.2, 0.25) is 0 Å². The van der Waals surface area contributed by atoms with Crippen LogP contribution in [-0.2, 0) is 4.79 Å². The van der Waals surface area contributed by atoms with Crippen LogP contribution in [0.25, 0.3) is 10.9 Å². The van der Waals surface area contributed by atoms with Gasteiger partial charge in [0.05, 0.1) is 4.88 Å². The van der Waals surface area contributed by atoms with Crippen LogP contribution in [0.5, 0.6) is 10.8 Å². The summed E-state index contributed by atoms with van der Waals surface area (Å²) in [5.41, 5.74) is 0.999. The molecule has 0 aliphatic carbocycles. The molecule has 0 radical (unpaired) electrons. The maximum atomic E-state index is 11.3. The smallest absolute Gasteiger partial charge is 0.378 e. The minimum absolute atomic E-state index is 0.144. The summed E-state index contributed by atoms with van der Waals surface area (Å²) >= 11 is 1.01. The first kappa shape index (κ1) is 15.1. The number of carbonyl (C=O) groups excluding carboxylic acids is 1. The van der Waals surface area contributed by atoms with Crippen LogP contribution >= 0.6 is 11.3 Å². The molecule has 2 N–H and O–H groups in total. The highest BCUT2D eigenvalue weighted by atomic mass is 32.1. The Balaban J connectivity index is 1.52. The van der Waals surface area contributed by atoms with Gasteiger partial charge in [0.25, 0.3) is 5.78 Å². The minimum Gasteiger partial charge on any atom is -0.488 e. The molecule has 0 aliphatic heterocycles. The molecule has 0 fully saturated rings. The van der Waals surface area contributed by atoms with E-state index in [-0.39, 0.29) is 4.88 Å². The van der Waals surface area contributed by atoms with Crippen molar-refractivity contribution in [3.8, 4) is 10.8 Å². The normalized spacial score (nSPS) is 10.6. The Kier molecular flexibility index (Phi) is 4.29. The number of para-hydroxylation sites is 1. The van der Waals surface area contributed by atoms with Crippen molar-refractivity contribution < 1.29 is 24.2 Å². The Morgan fingerprint density at radius 2 is 1.87 bits per heavy atom. The molecule has 0 saturated heterocycles. The van der Waals surface area contributed by atoms with Crippen LogP contribution in [0.1, 0.15) is 9.67 Å². The molecule has 0 aliphatic rings. The highest BCUT2D eigenvalue weighted by Gasteiger charge is 2.17. The summed E-state index contributed by atoms with van der Waals surface area (Å²) in [7, 11) is 0. The zero-order valence-electron chi connectivity index (χ0n) is 11.9. The van der Waals surface area contributed by atoms with E-state index in [1.807, 2.05) is 24.3 Å². The lowest BCUT2D eigenvalue weighted by Gasteiger charge is -2.05. The van der Waals surface area contributed by atoms with Crippen LogP contribution < -0.4 is 9.47 Å². The van der Waals surface area contributed by atoms with E-state index in [0.717, 1.165) is 28.0 Å². The SMILES string of the molecule is O=C(O)C(=O)c1ccc(OCCOc2c[nH]c3ccccc23)s1. The zero-order chi connectivity index (χ0) is 16.2. The number of hydrogen-bond acceptors (Lipinski definition) is 5. The van der Waals surface area contributed by atoms with Crippen LogP contribution in [0.3, 0.4) is 0 Å². The molecule has 7 heteroatoms. The second-order valence-corrected chi connectivity index (χ2v) is 5.69. The van der Waals surface area contributed by atoms with Gasteiger partial charge in [0.15, 0.2) is 5.06 Å². The molecule has 2 heterocycles. The predicted octanol–water partition coefficient (Wildman–Crippen LogP) is 2.95. The fourth-order valence-corrected chi connectivity index (χ4v) is 2.89. The Morgan fingerprint density at radius 3 is 2.70 bits per heavy atom. The number of carbonyl (C=O) groups is 2. The van der Waals surface area contributed by atoms with Gasteiger partial charge in [-0.1, -0.05) is 23.5 Å². The molecule has 6 nitrogen and oxygen atoms in total. The van der Waals surface area contributed by atoms with Gasteiger partial charge < -0.3 is 19.6 Å². The third kappa shape index (κ3) is 3.35. The molecule has 3 aromatic rings. The Hall–Kier alpha value is -2.80. The number of thiophene rings is 1.